The third-order valence-corrected chi connectivity index (χ3v) is 8.95. The number of fused-ring (bicyclic) bond motifs is 5. The minimum atomic E-state index is 0.558. The van der Waals surface area contributed by atoms with Crippen LogP contribution in [0.25, 0.3) is 33.5 Å². The van der Waals surface area contributed by atoms with Gasteiger partial charge in [-0.25, -0.2) is 24.9 Å². The molecule has 2 aromatic heterocycles. The van der Waals surface area contributed by atoms with E-state index in [1.54, 1.807) is 12.4 Å². The molecule has 4 heterocycles. The van der Waals surface area contributed by atoms with Crippen molar-refractivity contribution >= 4 is 44.9 Å². The van der Waals surface area contributed by atoms with E-state index in [0.29, 0.717) is 11.6 Å². The van der Waals surface area contributed by atoms with Gasteiger partial charge in [0.2, 0.25) is 0 Å². The van der Waals surface area contributed by atoms with Gasteiger partial charge in [-0.3, -0.25) is 0 Å². The molecule has 0 atom stereocenters. The second-order valence-corrected chi connectivity index (χ2v) is 11.9. The van der Waals surface area contributed by atoms with Gasteiger partial charge in [-0.2, -0.15) is 0 Å². The van der Waals surface area contributed by atoms with Crippen LogP contribution in [0.15, 0.2) is 152 Å². The van der Waals surface area contributed by atoms with Crippen LogP contribution in [-0.2, 0) is 0 Å². The Morgan fingerprint density at radius 3 is 1.18 bits per heavy atom. The number of anilines is 6. The number of nitrogens with zero attached hydrogens (tertiary/aromatic N) is 7. The van der Waals surface area contributed by atoms with Gasteiger partial charge < -0.3 is 19.3 Å². The fourth-order valence-corrected chi connectivity index (χ4v) is 6.82. The molecule has 0 fully saturated rings. The standard InChI is InChI=1S/C41H25N7O2/c1-5-14-36-30(10-1)47(31-11-2-6-15-37(31)49-36)34-22-26(40-43-18-9-19-44-40)20-28-29(34)21-27(41-45-24-42-25-46-41)23-35(28)48-32-12-3-7-16-38(32)50-39-17-8-4-13-33(39)48/h1-25H. The highest BCUT2D eigenvalue weighted by atomic mass is 16.5. The van der Waals surface area contributed by atoms with E-state index in [1.807, 2.05) is 78.9 Å². The van der Waals surface area contributed by atoms with E-state index in [-0.39, 0.29) is 0 Å². The Labute approximate surface area is 286 Å². The van der Waals surface area contributed by atoms with Crippen molar-refractivity contribution in [3.63, 3.8) is 0 Å². The summed E-state index contributed by atoms with van der Waals surface area (Å²) in [5.41, 5.74) is 7.15. The zero-order valence-electron chi connectivity index (χ0n) is 26.4. The van der Waals surface area contributed by atoms with E-state index in [4.69, 9.17) is 19.4 Å². The van der Waals surface area contributed by atoms with Crippen molar-refractivity contribution in [2.75, 3.05) is 9.80 Å². The van der Waals surface area contributed by atoms with Crippen LogP contribution in [0.4, 0.5) is 34.1 Å². The molecule has 0 spiro atoms. The molecule has 9 nitrogen and oxygen atoms in total. The number of rotatable bonds is 4. The zero-order valence-corrected chi connectivity index (χ0v) is 26.4. The highest BCUT2D eigenvalue weighted by Crippen LogP contribution is 2.56. The van der Waals surface area contributed by atoms with Crippen LogP contribution in [0.1, 0.15) is 0 Å². The zero-order chi connectivity index (χ0) is 33.0. The molecule has 8 aromatic rings. The molecule has 0 bridgehead atoms. The van der Waals surface area contributed by atoms with Crippen molar-refractivity contribution in [3.8, 4) is 45.8 Å². The second kappa shape index (κ2) is 11.2. The monoisotopic (exact) mass is 647 g/mol. The van der Waals surface area contributed by atoms with Crippen LogP contribution in [0.5, 0.6) is 23.0 Å². The first-order chi connectivity index (χ1) is 24.8. The van der Waals surface area contributed by atoms with Gasteiger partial charge in [0.05, 0.1) is 34.1 Å². The van der Waals surface area contributed by atoms with Gasteiger partial charge in [-0.1, -0.05) is 48.5 Å². The van der Waals surface area contributed by atoms with Gasteiger partial charge >= 0.3 is 0 Å². The lowest BCUT2D eigenvalue weighted by Crippen LogP contribution is -2.18. The van der Waals surface area contributed by atoms with Gasteiger partial charge in [0, 0.05) is 34.3 Å². The topological polar surface area (TPSA) is 89.4 Å². The summed E-state index contributed by atoms with van der Waals surface area (Å²) in [6, 6.07) is 42.8. The first-order valence-corrected chi connectivity index (χ1v) is 16.1. The van der Waals surface area contributed by atoms with Gasteiger partial charge in [0.15, 0.2) is 34.6 Å². The molecule has 6 aromatic carbocycles. The summed E-state index contributed by atoms with van der Waals surface area (Å²) in [4.78, 5) is 27.2. The minimum Gasteiger partial charge on any atom is -0.453 e. The third-order valence-electron chi connectivity index (χ3n) is 8.95. The number of para-hydroxylation sites is 8. The van der Waals surface area contributed by atoms with E-state index in [2.05, 4.69) is 73.3 Å². The average Bonchev–Trinajstić information content (AvgIpc) is 3.19. The smallest absolute Gasteiger partial charge is 0.162 e. The Kier molecular flexibility index (Phi) is 6.28. The van der Waals surface area contributed by atoms with Crippen LogP contribution in [0, 0.1) is 0 Å². The van der Waals surface area contributed by atoms with E-state index in [1.165, 1.54) is 12.7 Å². The quantitative estimate of drug-likeness (QED) is 0.185. The molecule has 2 aliphatic heterocycles. The van der Waals surface area contributed by atoms with Crippen LogP contribution in [0.3, 0.4) is 0 Å². The molecule has 0 saturated heterocycles. The minimum absolute atomic E-state index is 0.558. The van der Waals surface area contributed by atoms with E-state index in [0.717, 1.165) is 79.0 Å². The summed E-state index contributed by atoms with van der Waals surface area (Å²) in [5, 5.41) is 1.93. The molecule has 0 N–H and O–H groups in total. The Morgan fingerprint density at radius 1 is 0.380 bits per heavy atom. The number of aromatic nitrogens is 5. The lowest BCUT2D eigenvalue weighted by molar-refractivity contribution is 0.477. The molecule has 0 saturated carbocycles. The summed E-state index contributed by atoms with van der Waals surface area (Å²) >= 11 is 0. The largest absolute Gasteiger partial charge is 0.453 e. The highest BCUT2D eigenvalue weighted by molar-refractivity contribution is 6.12. The van der Waals surface area contributed by atoms with Gasteiger partial charge in [0.25, 0.3) is 0 Å². The Morgan fingerprint density at radius 2 is 0.760 bits per heavy atom. The van der Waals surface area contributed by atoms with E-state index < -0.39 is 0 Å². The van der Waals surface area contributed by atoms with Gasteiger partial charge in [-0.15, -0.1) is 0 Å². The fraction of sp³-hybridized carbons (Fsp3) is 0. The molecular weight excluding hydrogens is 622 g/mol. The molecule has 0 unspecified atom stereocenters. The lowest BCUT2D eigenvalue weighted by atomic mass is 9.96. The summed E-state index contributed by atoms with van der Waals surface area (Å²) in [5.74, 6) is 4.19. The molecular formula is C41H25N7O2. The maximum absolute atomic E-state index is 6.43. The number of benzene rings is 6. The number of hydrogen-bond acceptors (Lipinski definition) is 9. The van der Waals surface area contributed by atoms with Gasteiger partial charge in [0.1, 0.15) is 12.7 Å². The molecule has 9 heteroatoms. The number of hydrogen-bond donors (Lipinski definition) is 0. The number of ether oxygens (including phenoxy) is 2. The van der Waals surface area contributed by atoms with Crippen LogP contribution < -0.4 is 19.3 Å². The second-order valence-electron chi connectivity index (χ2n) is 11.9. The molecule has 2 aliphatic rings. The molecule has 0 amide bonds. The fourth-order valence-electron chi connectivity index (χ4n) is 6.82. The summed E-state index contributed by atoms with van der Waals surface area (Å²) in [6.07, 6.45) is 6.59. The first kappa shape index (κ1) is 27.9. The third kappa shape index (κ3) is 4.45. The van der Waals surface area contributed by atoms with Crippen molar-refractivity contribution < 1.29 is 9.47 Å². The normalized spacial score (nSPS) is 12.6. The van der Waals surface area contributed by atoms with Crippen molar-refractivity contribution in [2.45, 2.75) is 0 Å². The first-order valence-electron chi connectivity index (χ1n) is 16.1. The summed E-state index contributed by atoms with van der Waals surface area (Å²) in [7, 11) is 0. The average molecular weight is 648 g/mol. The Balaban J connectivity index is 1.36. The summed E-state index contributed by atoms with van der Waals surface area (Å²) in [6.45, 7) is 0. The predicted molar refractivity (Wildman–Crippen MR) is 193 cm³/mol. The Bertz CT molecular complexity index is 2310. The maximum atomic E-state index is 6.43. The van der Waals surface area contributed by atoms with Crippen molar-refractivity contribution in [2.24, 2.45) is 0 Å². The molecule has 10 rings (SSSR count). The van der Waals surface area contributed by atoms with Crippen LogP contribution in [-0.4, -0.2) is 24.9 Å². The van der Waals surface area contributed by atoms with E-state index >= 15 is 0 Å². The van der Waals surface area contributed by atoms with E-state index in [9.17, 15) is 0 Å². The van der Waals surface area contributed by atoms with Crippen LogP contribution >= 0.6 is 0 Å². The summed E-state index contributed by atoms with van der Waals surface area (Å²) < 4.78 is 12.9. The maximum Gasteiger partial charge on any atom is 0.162 e. The molecule has 0 radical (unpaired) electrons. The predicted octanol–water partition coefficient (Wildman–Crippen LogP) is 10.3. The Hall–Kier alpha value is -7.13. The van der Waals surface area contributed by atoms with Crippen molar-refractivity contribution in [1.82, 2.24) is 24.9 Å². The lowest BCUT2D eigenvalue weighted by Gasteiger charge is -2.36. The van der Waals surface area contributed by atoms with Crippen molar-refractivity contribution in [1.29, 1.82) is 0 Å². The highest BCUT2D eigenvalue weighted by Gasteiger charge is 2.31. The van der Waals surface area contributed by atoms with Gasteiger partial charge in [-0.05, 0) is 78.9 Å². The van der Waals surface area contributed by atoms with Crippen LogP contribution in [0.2, 0.25) is 0 Å². The molecule has 236 valence electrons. The van der Waals surface area contributed by atoms with Crippen molar-refractivity contribution in [3.05, 3.63) is 152 Å². The molecule has 0 aliphatic carbocycles. The molecule has 50 heavy (non-hydrogen) atoms. The SMILES string of the molecule is c1cnc(-c2cc(N3c4ccccc4Oc4ccccc43)c3cc(-c4ncncn4)cc(N4c5ccccc5Oc5ccccc54)c3c2)nc1.